The first kappa shape index (κ1) is 18.2. The first-order valence-corrected chi connectivity index (χ1v) is 8.28. The van der Waals surface area contributed by atoms with Crippen LogP contribution in [0, 0.1) is 5.92 Å². The lowest BCUT2D eigenvalue weighted by atomic mass is 10.1. The molecule has 5 heteroatoms. The van der Waals surface area contributed by atoms with Gasteiger partial charge in [-0.05, 0) is 39.2 Å². The first-order valence-electron chi connectivity index (χ1n) is 8.28. The monoisotopic (exact) mass is 298 g/mol. The van der Waals surface area contributed by atoms with Crippen LogP contribution in [0.3, 0.4) is 0 Å². The quantitative estimate of drug-likeness (QED) is 0.366. The van der Waals surface area contributed by atoms with Crippen molar-refractivity contribution in [3.63, 3.8) is 0 Å². The second-order valence-corrected chi connectivity index (χ2v) is 6.42. The molecule has 0 amide bonds. The van der Waals surface area contributed by atoms with Gasteiger partial charge in [0.2, 0.25) is 0 Å². The fraction of sp³-hybridized carbons (Fsp3) is 0.938. The van der Waals surface area contributed by atoms with E-state index in [4.69, 9.17) is 4.74 Å². The molecule has 1 unspecified atom stereocenters. The van der Waals surface area contributed by atoms with Gasteiger partial charge < -0.3 is 15.4 Å². The average Bonchev–Trinajstić information content (AvgIpc) is 3.28. The van der Waals surface area contributed by atoms with Crippen LogP contribution < -0.4 is 10.6 Å². The molecule has 0 aromatic rings. The van der Waals surface area contributed by atoms with Crippen LogP contribution >= 0.6 is 0 Å². The summed E-state index contributed by atoms with van der Waals surface area (Å²) in [5.74, 6) is 1.57. The second-order valence-electron chi connectivity index (χ2n) is 6.42. The Hall–Kier alpha value is -0.810. The Morgan fingerprint density at radius 1 is 1.24 bits per heavy atom. The van der Waals surface area contributed by atoms with Gasteiger partial charge in [-0.1, -0.05) is 13.8 Å². The van der Waals surface area contributed by atoms with E-state index < -0.39 is 0 Å². The van der Waals surface area contributed by atoms with Crippen LogP contribution in [0.4, 0.5) is 0 Å². The standard InChI is InChI=1S/C16H34N4O/c1-13(2)8-10-21-11-9-18-16(17-4)19-12-14(3)20(5)15-6-7-15/h13-15H,6-12H2,1-5H3,(H2,17,18,19). The summed E-state index contributed by atoms with van der Waals surface area (Å²) in [5, 5.41) is 6.68. The Morgan fingerprint density at radius 2 is 1.95 bits per heavy atom. The number of hydrogen-bond donors (Lipinski definition) is 2. The third kappa shape index (κ3) is 8.27. The van der Waals surface area contributed by atoms with Crippen molar-refractivity contribution in [1.29, 1.82) is 0 Å². The van der Waals surface area contributed by atoms with Crippen molar-refractivity contribution in [1.82, 2.24) is 15.5 Å². The lowest BCUT2D eigenvalue weighted by molar-refractivity contribution is 0.128. The summed E-state index contributed by atoms with van der Waals surface area (Å²) in [7, 11) is 4.02. The van der Waals surface area contributed by atoms with Crippen molar-refractivity contribution in [2.24, 2.45) is 10.9 Å². The van der Waals surface area contributed by atoms with Gasteiger partial charge in [0, 0.05) is 38.8 Å². The van der Waals surface area contributed by atoms with Crippen LogP contribution in [0.5, 0.6) is 0 Å². The molecule has 1 rings (SSSR count). The molecule has 1 atom stereocenters. The van der Waals surface area contributed by atoms with Crippen molar-refractivity contribution >= 4 is 5.96 Å². The van der Waals surface area contributed by atoms with Gasteiger partial charge >= 0.3 is 0 Å². The van der Waals surface area contributed by atoms with Gasteiger partial charge in [-0.25, -0.2) is 0 Å². The number of hydrogen-bond acceptors (Lipinski definition) is 3. The number of nitrogens with one attached hydrogen (secondary N) is 2. The number of nitrogens with zero attached hydrogens (tertiary/aromatic N) is 2. The highest BCUT2D eigenvalue weighted by atomic mass is 16.5. The minimum atomic E-state index is 0.526. The molecule has 2 N–H and O–H groups in total. The first-order chi connectivity index (χ1) is 10.0. The molecule has 0 bridgehead atoms. The van der Waals surface area contributed by atoms with Crippen LogP contribution in [0.1, 0.15) is 40.0 Å². The van der Waals surface area contributed by atoms with E-state index in [1.165, 1.54) is 12.8 Å². The fourth-order valence-electron chi connectivity index (χ4n) is 2.11. The summed E-state index contributed by atoms with van der Waals surface area (Å²) in [6.45, 7) is 9.97. The van der Waals surface area contributed by atoms with E-state index in [0.717, 1.165) is 44.7 Å². The third-order valence-electron chi connectivity index (χ3n) is 3.99. The lowest BCUT2D eigenvalue weighted by Crippen LogP contribution is -2.46. The summed E-state index contributed by atoms with van der Waals surface area (Å²) < 4.78 is 5.59. The predicted molar refractivity (Wildman–Crippen MR) is 89.9 cm³/mol. The number of aliphatic imine (C=N–C) groups is 1. The molecule has 0 radical (unpaired) electrons. The topological polar surface area (TPSA) is 48.9 Å². The van der Waals surface area contributed by atoms with Crippen LogP contribution in [-0.2, 0) is 4.74 Å². The van der Waals surface area contributed by atoms with E-state index in [1.807, 2.05) is 7.05 Å². The molecule has 0 aliphatic heterocycles. The van der Waals surface area contributed by atoms with Gasteiger partial charge in [0.1, 0.15) is 0 Å². The van der Waals surface area contributed by atoms with Gasteiger partial charge in [-0.15, -0.1) is 0 Å². The van der Waals surface area contributed by atoms with Crippen molar-refractivity contribution in [3.05, 3.63) is 0 Å². The summed E-state index contributed by atoms with van der Waals surface area (Å²) in [6, 6.07) is 1.32. The van der Waals surface area contributed by atoms with Gasteiger partial charge in [-0.2, -0.15) is 0 Å². The van der Waals surface area contributed by atoms with Gasteiger partial charge in [0.25, 0.3) is 0 Å². The molecule has 1 saturated carbocycles. The van der Waals surface area contributed by atoms with Gasteiger partial charge in [0.05, 0.1) is 6.61 Å². The molecule has 0 heterocycles. The number of rotatable bonds is 10. The van der Waals surface area contributed by atoms with E-state index in [9.17, 15) is 0 Å². The molecule has 0 aromatic heterocycles. The number of likely N-dealkylation sites (N-methyl/N-ethyl adjacent to an activating group) is 1. The molecular formula is C16H34N4O. The molecule has 1 aliphatic rings. The second kappa shape index (κ2) is 10.0. The number of ether oxygens (including phenoxy) is 1. The summed E-state index contributed by atoms with van der Waals surface area (Å²) in [6.07, 6.45) is 3.82. The van der Waals surface area contributed by atoms with Crippen LogP contribution in [0.15, 0.2) is 4.99 Å². The maximum absolute atomic E-state index is 5.59. The highest BCUT2D eigenvalue weighted by molar-refractivity contribution is 5.79. The molecular weight excluding hydrogens is 264 g/mol. The molecule has 124 valence electrons. The minimum Gasteiger partial charge on any atom is -0.380 e. The van der Waals surface area contributed by atoms with Crippen LogP contribution in [0.2, 0.25) is 0 Å². The molecule has 0 saturated heterocycles. The normalized spacial score (nSPS) is 17.4. The predicted octanol–water partition coefficient (Wildman–Crippen LogP) is 1.70. The SMILES string of the molecule is CN=C(NCCOCCC(C)C)NCC(C)N(C)C1CC1. The molecule has 0 spiro atoms. The van der Waals surface area contributed by atoms with E-state index in [1.54, 1.807) is 0 Å². The largest absolute Gasteiger partial charge is 0.380 e. The Balaban J connectivity index is 2.06. The Morgan fingerprint density at radius 3 is 2.52 bits per heavy atom. The zero-order valence-electron chi connectivity index (χ0n) is 14.5. The zero-order valence-corrected chi connectivity index (χ0v) is 14.5. The van der Waals surface area contributed by atoms with Gasteiger partial charge in [-0.3, -0.25) is 9.89 Å². The molecule has 1 aliphatic carbocycles. The van der Waals surface area contributed by atoms with Crippen molar-refractivity contribution in [3.8, 4) is 0 Å². The Labute approximate surface area is 130 Å². The lowest BCUT2D eigenvalue weighted by Gasteiger charge is -2.25. The van der Waals surface area contributed by atoms with Gasteiger partial charge in [0.15, 0.2) is 5.96 Å². The average molecular weight is 298 g/mol. The van der Waals surface area contributed by atoms with Crippen molar-refractivity contribution in [2.45, 2.75) is 52.1 Å². The number of guanidine groups is 1. The van der Waals surface area contributed by atoms with Crippen molar-refractivity contribution in [2.75, 3.05) is 40.4 Å². The molecule has 21 heavy (non-hydrogen) atoms. The molecule has 1 fully saturated rings. The maximum atomic E-state index is 5.59. The van der Waals surface area contributed by atoms with E-state index in [0.29, 0.717) is 12.0 Å². The molecule has 0 aromatic carbocycles. The maximum Gasteiger partial charge on any atom is 0.191 e. The minimum absolute atomic E-state index is 0.526. The van der Waals surface area contributed by atoms with E-state index >= 15 is 0 Å². The Bertz CT molecular complexity index is 303. The fourth-order valence-corrected chi connectivity index (χ4v) is 2.11. The highest BCUT2D eigenvalue weighted by Crippen LogP contribution is 2.26. The zero-order chi connectivity index (χ0) is 15.7. The van der Waals surface area contributed by atoms with Crippen LogP contribution in [0.25, 0.3) is 0 Å². The van der Waals surface area contributed by atoms with Crippen LogP contribution in [-0.4, -0.2) is 63.3 Å². The van der Waals surface area contributed by atoms with E-state index in [-0.39, 0.29) is 0 Å². The van der Waals surface area contributed by atoms with E-state index in [2.05, 4.69) is 48.3 Å². The van der Waals surface area contributed by atoms with Crippen molar-refractivity contribution < 1.29 is 4.74 Å². The summed E-state index contributed by atoms with van der Waals surface area (Å²) in [5.41, 5.74) is 0. The Kier molecular flexibility index (Phi) is 8.69. The molecule has 5 nitrogen and oxygen atoms in total. The summed E-state index contributed by atoms with van der Waals surface area (Å²) in [4.78, 5) is 6.70. The summed E-state index contributed by atoms with van der Waals surface area (Å²) >= 11 is 0. The highest BCUT2D eigenvalue weighted by Gasteiger charge is 2.28. The third-order valence-corrected chi connectivity index (χ3v) is 3.99. The smallest absolute Gasteiger partial charge is 0.191 e.